The third-order valence-corrected chi connectivity index (χ3v) is 5.01. The summed E-state index contributed by atoms with van der Waals surface area (Å²) >= 11 is 9.74. The number of para-hydroxylation sites is 2. The van der Waals surface area contributed by atoms with Gasteiger partial charge in [-0.3, -0.25) is 0 Å². The molecule has 0 bridgehead atoms. The summed E-state index contributed by atoms with van der Waals surface area (Å²) in [4.78, 5) is 8.96. The van der Waals surface area contributed by atoms with Gasteiger partial charge >= 0.3 is 0 Å². The van der Waals surface area contributed by atoms with Gasteiger partial charge in [0.2, 0.25) is 0 Å². The lowest BCUT2D eigenvalue weighted by Gasteiger charge is -2.22. The van der Waals surface area contributed by atoms with Crippen LogP contribution in [0.15, 0.2) is 71.5 Å². The number of pyridine rings is 1. The molecule has 0 spiro atoms. The van der Waals surface area contributed by atoms with E-state index in [1.165, 1.54) is 11.4 Å². The molecule has 24 heavy (non-hydrogen) atoms. The number of benzene rings is 2. The summed E-state index contributed by atoms with van der Waals surface area (Å²) in [5.74, 6) is 0. The number of aromatic nitrogens is 1. The van der Waals surface area contributed by atoms with Crippen LogP contribution in [0.25, 0.3) is 0 Å². The standard InChI is InChI=1S/C19H15BrClN3/c20-19-10-9-15(11-22-19)24-13-23(17-7-3-4-8-18(17)24)12-14-5-1-2-6-16(14)21/h1-11H,12-13H2. The lowest BCUT2D eigenvalue weighted by Crippen LogP contribution is -2.27. The van der Waals surface area contributed by atoms with E-state index in [1.54, 1.807) is 0 Å². The van der Waals surface area contributed by atoms with Crippen molar-refractivity contribution in [3.63, 3.8) is 0 Å². The maximum atomic E-state index is 6.35. The minimum absolute atomic E-state index is 0.772. The number of nitrogens with zero attached hydrogens (tertiary/aromatic N) is 3. The molecule has 4 rings (SSSR count). The Morgan fingerprint density at radius 2 is 1.71 bits per heavy atom. The lowest BCUT2D eigenvalue weighted by atomic mass is 10.2. The fourth-order valence-electron chi connectivity index (χ4n) is 3.00. The van der Waals surface area contributed by atoms with Gasteiger partial charge in [-0.15, -0.1) is 0 Å². The molecule has 0 atom stereocenters. The lowest BCUT2D eigenvalue weighted by molar-refractivity contribution is 0.832. The van der Waals surface area contributed by atoms with Crippen molar-refractivity contribution in [3.05, 3.63) is 82.0 Å². The fourth-order valence-corrected chi connectivity index (χ4v) is 3.43. The summed E-state index contributed by atoms with van der Waals surface area (Å²) < 4.78 is 0.839. The van der Waals surface area contributed by atoms with Crippen molar-refractivity contribution in [1.82, 2.24) is 4.98 Å². The molecule has 120 valence electrons. The molecule has 0 saturated carbocycles. The summed E-state index contributed by atoms with van der Waals surface area (Å²) in [5, 5.41) is 0.804. The Labute approximate surface area is 154 Å². The molecule has 1 aromatic heterocycles. The van der Waals surface area contributed by atoms with E-state index < -0.39 is 0 Å². The maximum absolute atomic E-state index is 6.35. The predicted octanol–water partition coefficient (Wildman–Crippen LogP) is 5.61. The highest BCUT2D eigenvalue weighted by Gasteiger charge is 2.27. The van der Waals surface area contributed by atoms with Crippen LogP contribution in [0.5, 0.6) is 0 Å². The molecule has 0 aliphatic carbocycles. The van der Waals surface area contributed by atoms with Crippen LogP contribution >= 0.6 is 27.5 Å². The molecule has 3 aromatic rings. The van der Waals surface area contributed by atoms with Gasteiger partial charge < -0.3 is 9.80 Å². The molecule has 2 heterocycles. The van der Waals surface area contributed by atoms with Crippen LogP contribution in [0.1, 0.15) is 5.56 Å². The van der Waals surface area contributed by atoms with Crippen molar-refractivity contribution >= 4 is 44.6 Å². The average Bonchev–Trinajstić information content (AvgIpc) is 2.97. The highest BCUT2D eigenvalue weighted by atomic mass is 79.9. The van der Waals surface area contributed by atoms with Gasteiger partial charge in [-0.2, -0.15) is 0 Å². The number of hydrogen-bond donors (Lipinski definition) is 0. The zero-order chi connectivity index (χ0) is 16.5. The number of anilines is 3. The third kappa shape index (κ3) is 2.87. The first-order chi connectivity index (χ1) is 11.7. The SMILES string of the molecule is Clc1ccccc1CN1CN(c2ccc(Br)nc2)c2ccccc21. The van der Waals surface area contributed by atoms with Crippen LogP contribution < -0.4 is 9.80 Å². The first-order valence-electron chi connectivity index (χ1n) is 7.69. The molecule has 0 radical (unpaired) electrons. The normalized spacial score (nSPS) is 13.2. The summed E-state index contributed by atoms with van der Waals surface area (Å²) in [5.41, 5.74) is 4.60. The van der Waals surface area contributed by atoms with E-state index in [9.17, 15) is 0 Å². The molecule has 2 aromatic carbocycles. The van der Waals surface area contributed by atoms with Crippen molar-refractivity contribution in [2.75, 3.05) is 16.5 Å². The first-order valence-corrected chi connectivity index (χ1v) is 8.86. The van der Waals surface area contributed by atoms with E-state index in [0.29, 0.717) is 0 Å². The van der Waals surface area contributed by atoms with Crippen LogP contribution in [-0.4, -0.2) is 11.7 Å². The largest absolute Gasteiger partial charge is 0.347 e. The highest BCUT2D eigenvalue weighted by molar-refractivity contribution is 9.10. The second kappa shape index (κ2) is 6.46. The molecule has 0 amide bonds. The molecule has 1 aliphatic rings. The molecular formula is C19H15BrClN3. The van der Waals surface area contributed by atoms with Gasteiger partial charge in [0.05, 0.1) is 29.9 Å². The van der Waals surface area contributed by atoms with Crippen molar-refractivity contribution in [3.8, 4) is 0 Å². The zero-order valence-corrected chi connectivity index (χ0v) is 15.2. The third-order valence-electron chi connectivity index (χ3n) is 4.17. The molecule has 5 heteroatoms. The molecule has 0 N–H and O–H groups in total. The van der Waals surface area contributed by atoms with E-state index in [4.69, 9.17) is 11.6 Å². The van der Waals surface area contributed by atoms with E-state index in [0.717, 1.165) is 34.1 Å². The Kier molecular flexibility index (Phi) is 4.17. The number of fused-ring (bicyclic) bond motifs is 1. The molecule has 0 unspecified atom stereocenters. The zero-order valence-electron chi connectivity index (χ0n) is 12.9. The second-order valence-electron chi connectivity index (χ2n) is 5.69. The van der Waals surface area contributed by atoms with Gasteiger partial charge in [0.25, 0.3) is 0 Å². The highest BCUT2D eigenvalue weighted by Crippen LogP contribution is 2.41. The van der Waals surface area contributed by atoms with E-state index in [-0.39, 0.29) is 0 Å². The van der Waals surface area contributed by atoms with E-state index in [1.807, 2.05) is 30.5 Å². The van der Waals surface area contributed by atoms with Crippen LogP contribution in [0, 0.1) is 0 Å². The topological polar surface area (TPSA) is 19.4 Å². The summed E-state index contributed by atoms with van der Waals surface area (Å²) in [6.07, 6.45) is 1.89. The van der Waals surface area contributed by atoms with Gasteiger partial charge in [0.15, 0.2) is 0 Å². The molecule has 3 nitrogen and oxygen atoms in total. The van der Waals surface area contributed by atoms with Crippen molar-refractivity contribution in [2.45, 2.75) is 6.54 Å². The number of rotatable bonds is 3. The van der Waals surface area contributed by atoms with Crippen LogP contribution in [0.4, 0.5) is 17.1 Å². The number of halogens is 2. The van der Waals surface area contributed by atoms with Gasteiger partial charge in [-0.05, 0) is 51.8 Å². The molecule has 0 fully saturated rings. The monoisotopic (exact) mass is 399 g/mol. The minimum Gasteiger partial charge on any atom is -0.347 e. The van der Waals surface area contributed by atoms with Crippen LogP contribution in [-0.2, 0) is 6.54 Å². The van der Waals surface area contributed by atoms with Gasteiger partial charge in [0, 0.05) is 11.6 Å². The van der Waals surface area contributed by atoms with Crippen molar-refractivity contribution in [2.24, 2.45) is 0 Å². The smallest absolute Gasteiger partial charge is 0.106 e. The van der Waals surface area contributed by atoms with Gasteiger partial charge in [0.1, 0.15) is 4.60 Å². The fraction of sp³-hybridized carbons (Fsp3) is 0.105. The van der Waals surface area contributed by atoms with Gasteiger partial charge in [-0.25, -0.2) is 4.98 Å². The van der Waals surface area contributed by atoms with E-state index in [2.05, 4.69) is 67.1 Å². The van der Waals surface area contributed by atoms with Gasteiger partial charge in [-0.1, -0.05) is 41.9 Å². The Morgan fingerprint density at radius 3 is 2.46 bits per heavy atom. The minimum atomic E-state index is 0.772. The van der Waals surface area contributed by atoms with E-state index >= 15 is 0 Å². The van der Waals surface area contributed by atoms with Crippen molar-refractivity contribution < 1.29 is 0 Å². The summed E-state index contributed by atoms with van der Waals surface area (Å²) in [6, 6.07) is 20.5. The number of hydrogen-bond acceptors (Lipinski definition) is 3. The Morgan fingerprint density at radius 1 is 0.958 bits per heavy atom. The molecular weight excluding hydrogens is 386 g/mol. The average molecular weight is 401 g/mol. The summed E-state index contributed by atoms with van der Waals surface area (Å²) in [6.45, 7) is 1.55. The molecule has 0 saturated heterocycles. The Balaban J connectivity index is 1.68. The second-order valence-corrected chi connectivity index (χ2v) is 6.91. The predicted molar refractivity (Wildman–Crippen MR) is 103 cm³/mol. The maximum Gasteiger partial charge on any atom is 0.106 e. The first kappa shape index (κ1) is 15.5. The summed E-state index contributed by atoms with van der Waals surface area (Å²) in [7, 11) is 0. The molecule has 1 aliphatic heterocycles. The van der Waals surface area contributed by atoms with Crippen LogP contribution in [0.2, 0.25) is 5.02 Å². The quantitative estimate of drug-likeness (QED) is 0.532. The Bertz CT molecular complexity index is 866. The van der Waals surface area contributed by atoms with Crippen LogP contribution in [0.3, 0.4) is 0 Å². The van der Waals surface area contributed by atoms with Crippen molar-refractivity contribution in [1.29, 1.82) is 0 Å². The Hall–Kier alpha value is -2.04.